The summed E-state index contributed by atoms with van der Waals surface area (Å²) >= 11 is 0. The molecule has 2 aromatic heterocycles. The van der Waals surface area contributed by atoms with E-state index in [0.717, 1.165) is 84.1 Å². The van der Waals surface area contributed by atoms with Crippen LogP contribution in [0, 0.1) is 0 Å². The van der Waals surface area contributed by atoms with Crippen molar-refractivity contribution >= 4 is 0 Å². The molecule has 0 bridgehead atoms. The number of hydrogen-bond acceptors (Lipinski definition) is 5. The van der Waals surface area contributed by atoms with Crippen molar-refractivity contribution in [3.63, 3.8) is 0 Å². The maximum absolute atomic E-state index is 6.80. The molecule has 8 aromatic carbocycles. The van der Waals surface area contributed by atoms with Gasteiger partial charge in [-0.15, -0.1) is 0 Å². The monoisotopic (exact) mass is 808 g/mol. The molecule has 0 saturated carbocycles. The average Bonchev–Trinajstić information content (AvgIpc) is 3.37. The summed E-state index contributed by atoms with van der Waals surface area (Å²) in [4.78, 5) is 20.7. The molecule has 10 aromatic rings. The number of aromatic nitrogens is 4. The number of fused-ring (bicyclic) bond motifs is 2. The van der Waals surface area contributed by atoms with Crippen molar-refractivity contribution < 1.29 is 4.74 Å². The fraction of sp³-hybridized carbons (Fsp3) is 0.0345. The Morgan fingerprint density at radius 3 is 1.37 bits per heavy atom. The van der Waals surface area contributed by atoms with E-state index in [1.165, 1.54) is 5.56 Å². The lowest BCUT2D eigenvalue weighted by Crippen LogP contribution is -2.29. The first kappa shape index (κ1) is 37.7. The highest BCUT2D eigenvalue weighted by atomic mass is 16.5. The molecule has 1 aliphatic rings. The number of pyridine rings is 1. The summed E-state index contributed by atoms with van der Waals surface area (Å²) in [5, 5.41) is 0. The Bertz CT molecular complexity index is 2990. The molecular weight excluding hydrogens is 769 g/mol. The van der Waals surface area contributed by atoms with Crippen LogP contribution in [0.1, 0.15) is 23.6 Å². The number of hydrogen-bond donors (Lipinski definition) is 0. The van der Waals surface area contributed by atoms with E-state index < -0.39 is 5.41 Å². The molecule has 0 fully saturated rings. The third-order valence-electron chi connectivity index (χ3n) is 12.0. The molecule has 5 heteroatoms. The summed E-state index contributed by atoms with van der Waals surface area (Å²) in [6.07, 6.45) is 0. The summed E-state index contributed by atoms with van der Waals surface area (Å²) in [7, 11) is 0. The largest absolute Gasteiger partial charge is 0.457 e. The SMILES string of the molecule is CC1(c2ccccc2)c2ccccc2Oc2cc(-c3cc(-c4cc(-c5ccccc5)cc(-c5ccccc5)n4)cc(-c4nc(-c5ccccc5)nc(-c5ccccc5)n4)c3)ccc21. The molecule has 0 aliphatic carbocycles. The number of para-hydroxylation sites is 1. The highest BCUT2D eigenvalue weighted by Gasteiger charge is 2.39. The van der Waals surface area contributed by atoms with Gasteiger partial charge in [-0.1, -0.05) is 182 Å². The van der Waals surface area contributed by atoms with Crippen LogP contribution in [0.3, 0.4) is 0 Å². The van der Waals surface area contributed by atoms with Crippen LogP contribution in [0.15, 0.2) is 224 Å². The van der Waals surface area contributed by atoms with Crippen LogP contribution >= 0.6 is 0 Å². The van der Waals surface area contributed by atoms with E-state index in [0.29, 0.717) is 17.5 Å². The quantitative estimate of drug-likeness (QED) is 0.153. The highest BCUT2D eigenvalue weighted by Crippen LogP contribution is 2.52. The van der Waals surface area contributed by atoms with E-state index in [1.807, 2.05) is 78.9 Å². The average molecular weight is 809 g/mol. The van der Waals surface area contributed by atoms with Gasteiger partial charge in [0.05, 0.1) is 11.4 Å². The second kappa shape index (κ2) is 16.0. The third kappa shape index (κ3) is 7.15. The van der Waals surface area contributed by atoms with Crippen molar-refractivity contribution in [3.05, 3.63) is 241 Å². The van der Waals surface area contributed by atoms with E-state index >= 15 is 0 Å². The molecule has 5 nitrogen and oxygen atoms in total. The highest BCUT2D eigenvalue weighted by molar-refractivity contribution is 5.83. The summed E-state index contributed by atoms with van der Waals surface area (Å²) in [6.45, 7) is 2.30. The summed E-state index contributed by atoms with van der Waals surface area (Å²) in [5.74, 6) is 3.43. The molecule has 1 atom stereocenters. The van der Waals surface area contributed by atoms with Crippen molar-refractivity contribution in [2.75, 3.05) is 0 Å². The Morgan fingerprint density at radius 2 is 0.746 bits per heavy atom. The van der Waals surface area contributed by atoms with E-state index in [-0.39, 0.29) is 0 Å². The lowest BCUT2D eigenvalue weighted by Gasteiger charge is -2.38. The molecule has 0 amide bonds. The second-order valence-corrected chi connectivity index (χ2v) is 16.0. The molecule has 0 spiro atoms. The molecular formula is C58H40N4O. The van der Waals surface area contributed by atoms with Gasteiger partial charge in [0.1, 0.15) is 11.5 Å². The fourth-order valence-corrected chi connectivity index (χ4v) is 8.76. The zero-order valence-electron chi connectivity index (χ0n) is 34.6. The van der Waals surface area contributed by atoms with Crippen LogP contribution in [0.4, 0.5) is 0 Å². The molecule has 63 heavy (non-hydrogen) atoms. The molecule has 1 aliphatic heterocycles. The van der Waals surface area contributed by atoms with Gasteiger partial charge in [0.2, 0.25) is 0 Å². The lowest BCUT2D eigenvalue weighted by molar-refractivity contribution is 0.427. The lowest BCUT2D eigenvalue weighted by atomic mass is 9.69. The van der Waals surface area contributed by atoms with Gasteiger partial charge < -0.3 is 4.74 Å². The Hall–Kier alpha value is -8.28. The number of rotatable bonds is 8. The molecule has 0 N–H and O–H groups in total. The predicted octanol–water partition coefficient (Wildman–Crippen LogP) is 14.4. The van der Waals surface area contributed by atoms with Gasteiger partial charge in [-0.2, -0.15) is 0 Å². The second-order valence-electron chi connectivity index (χ2n) is 16.0. The van der Waals surface area contributed by atoms with Gasteiger partial charge in [0, 0.05) is 44.4 Å². The van der Waals surface area contributed by atoms with Gasteiger partial charge in [0.25, 0.3) is 0 Å². The van der Waals surface area contributed by atoms with Gasteiger partial charge >= 0.3 is 0 Å². The first-order valence-corrected chi connectivity index (χ1v) is 21.2. The van der Waals surface area contributed by atoms with Crippen LogP contribution in [0.5, 0.6) is 11.5 Å². The molecule has 0 saturated heterocycles. The predicted molar refractivity (Wildman–Crippen MR) is 254 cm³/mol. The standard InChI is InChI=1S/C58H40N4O/c1-58(48-27-15-6-16-28-48)49-29-17-18-30-53(49)63-54-38-43(31-32-50(54)58)44-33-46(52-37-45(39-19-7-2-8-20-39)36-51(59-52)40-21-9-3-10-22-40)35-47(34-44)57-61-55(41-23-11-4-12-24-41)60-56(62-57)42-25-13-5-14-26-42/h2-38H,1H3. The molecule has 298 valence electrons. The summed E-state index contributed by atoms with van der Waals surface area (Å²) in [5.41, 5.74) is 13.5. The maximum Gasteiger partial charge on any atom is 0.164 e. The third-order valence-corrected chi connectivity index (χ3v) is 12.0. The Kier molecular flexibility index (Phi) is 9.55. The minimum absolute atomic E-state index is 0.431. The minimum atomic E-state index is -0.431. The fourth-order valence-electron chi connectivity index (χ4n) is 8.76. The smallest absolute Gasteiger partial charge is 0.164 e. The summed E-state index contributed by atoms with van der Waals surface area (Å²) in [6, 6.07) is 77.6. The van der Waals surface area contributed by atoms with Crippen LogP contribution in [0.2, 0.25) is 0 Å². The number of nitrogens with zero attached hydrogens (tertiary/aromatic N) is 4. The minimum Gasteiger partial charge on any atom is -0.457 e. The van der Waals surface area contributed by atoms with E-state index in [1.54, 1.807) is 0 Å². The van der Waals surface area contributed by atoms with E-state index in [9.17, 15) is 0 Å². The van der Waals surface area contributed by atoms with Crippen LogP contribution in [0.25, 0.3) is 78.9 Å². The van der Waals surface area contributed by atoms with Crippen LogP contribution in [-0.4, -0.2) is 19.9 Å². The van der Waals surface area contributed by atoms with Gasteiger partial charge in [-0.3, -0.25) is 0 Å². The zero-order chi connectivity index (χ0) is 42.2. The van der Waals surface area contributed by atoms with Gasteiger partial charge in [-0.05, 0) is 77.2 Å². The van der Waals surface area contributed by atoms with Crippen molar-refractivity contribution in [3.8, 4) is 90.4 Å². The van der Waals surface area contributed by atoms with Crippen molar-refractivity contribution in [2.24, 2.45) is 0 Å². The van der Waals surface area contributed by atoms with E-state index in [2.05, 4.69) is 153 Å². The normalized spacial score (nSPS) is 14.0. The Balaban J connectivity index is 1.14. The molecule has 0 radical (unpaired) electrons. The topological polar surface area (TPSA) is 60.8 Å². The number of ether oxygens (including phenoxy) is 1. The Morgan fingerprint density at radius 1 is 0.302 bits per heavy atom. The van der Waals surface area contributed by atoms with Crippen molar-refractivity contribution in [1.82, 2.24) is 19.9 Å². The maximum atomic E-state index is 6.80. The van der Waals surface area contributed by atoms with Crippen LogP contribution in [-0.2, 0) is 5.41 Å². The first-order valence-electron chi connectivity index (χ1n) is 21.2. The van der Waals surface area contributed by atoms with Crippen molar-refractivity contribution in [1.29, 1.82) is 0 Å². The molecule has 1 unspecified atom stereocenters. The van der Waals surface area contributed by atoms with Gasteiger partial charge in [-0.25, -0.2) is 19.9 Å². The molecule has 3 heterocycles. The van der Waals surface area contributed by atoms with Crippen molar-refractivity contribution in [2.45, 2.75) is 12.3 Å². The number of benzene rings is 8. The molecule has 11 rings (SSSR count). The van der Waals surface area contributed by atoms with Gasteiger partial charge in [0.15, 0.2) is 17.5 Å². The Labute approximate surface area is 367 Å². The van der Waals surface area contributed by atoms with Crippen LogP contribution < -0.4 is 4.74 Å². The first-order chi connectivity index (χ1) is 31.1. The van der Waals surface area contributed by atoms with E-state index in [4.69, 9.17) is 24.7 Å². The zero-order valence-corrected chi connectivity index (χ0v) is 34.6. The summed E-state index contributed by atoms with van der Waals surface area (Å²) < 4.78 is 6.80.